The number of benzene rings is 1. The van der Waals surface area contributed by atoms with Crippen molar-refractivity contribution in [2.45, 2.75) is 99.0 Å². The van der Waals surface area contributed by atoms with Gasteiger partial charge in [0.1, 0.15) is 12.4 Å². The van der Waals surface area contributed by atoms with Crippen LogP contribution in [0.3, 0.4) is 0 Å². The van der Waals surface area contributed by atoms with Crippen LogP contribution < -0.4 is 0 Å². The number of rotatable bonds is 5. The Hall–Kier alpha value is -2.60. The molecule has 1 aromatic rings. The number of esters is 1. The molecule has 1 aromatic carbocycles. The first-order chi connectivity index (χ1) is 21.2. The van der Waals surface area contributed by atoms with Gasteiger partial charge in [-0.15, -0.1) is 0 Å². The minimum atomic E-state index is -0.712. The minimum Gasteiger partial charge on any atom is -0.508 e. The average Bonchev–Trinajstić information content (AvgIpc) is 2.99. The Morgan fingerprint density at radius 1 is 0.978 bits per heavy atom. The van der Waals surface area contributed by atoms with Crippen LogP contribution in [0.25, 0.3) is 6.08 Å². The molecule has 0 radical (unpaired) electrons. The Balaban J connectivity index is 1.43. The number of hydrogen-bond donors (Lipinski definition) is 3. The van der Waals surface area contributed by atoms with Gasteiger partial charge in [-0.2, -0.15) is 0 Å². The fourth-order valence-electron chi connectivity index (χ4n) is 11.9. The fourth-order valence-corrected chi connectivity index (χ4v) is 11.9. The molecule has 5 aliphatic carbocycles. The summed E-state index contributed by atoms with van der Waals surface area (Å²) in [6.07, 6.45) is 12.4. The molecule has 0 heterocycles. The maximum Gasteiger partial charge on any atom is 0.330 e. The number of carbonyl (C=O) groups is 2. The number of hydrogen-bond acceptors (Lipinski definition) is 5. The number of fused-ring (bicyclic) bond motifs is 7. The fraction of sp³-hybridized carbons (Fsp3) is 0.692. The molecule has 6 nitrogen and oxygen atoms in total. The van der Waals surface area contributed by atoms with Crippen molar-refractivity contribution >= 4 is 18.0 Å². The number of aliphatic hydroxyl groups excluding tert-OH is 1. The van der Waals surface area contributed by atoms with Crippen molar-refractivity contribution in [3.05, 3.63) is 47.6 Å². The standard InChI is InChI=1S/C39H54O6/c1-23-7-13-27-28(35(43)44)21-39(22-45-33(42)16-10-25-8-11-26(40)12-9-25)29(34(27)24(23)2)14-15-31-37(5)19-18-32(41)36(3,4)30(37)17-20-38(31,39)6/h8-12,14,16,23-24,27-28,30-32,34,40-41H,7,13,15,17-22H2,1-6H3,(H,43,44)/t23-,24+,27-,28+,30+,31-,32+,34-,37+,38-,39+/m1/s1. The van der Waals surface area contributed by atoms with Gasteiger partial charge in [0.2, 0.25) is 0 Å². The summed E-state index contributed by atoms with van der Waals surface area (Å²) in [7, 11) is 0. The second kappa shape index (κ2) is 11.3. The number of allylic oxidation sites excluding steroid dienone is 1. The molecule has 3 N–H and O–H groups in total. The molecule has 0 unspecified atom stereocenters. The number of ether oxygens (including phenoxy) is 1. The molecule has 0 aliphatic heterocycles. The van der Waals surface area contributed by atoms with Crippen molar-refractivity contribution in [3.8, 4) is 5.75 Å². The number of carbonyl (C=O) groups excluding carboxylic acids is 1. The zero-order valence-electron chi connectivity index (χ0n) is 28.1. The lowest BCUT2D eigenvalue weighted by atomic mass is 9.33. The van der Waals surface area contributed by atoms with Crippen LogP contribution in [0.2, 0.25) is 0 Å². The predicted octanol–water partition coefficient (Wildman–Crippen LogP) is 7.89. The van der Waals surface area contributed by atoms with Gasteiger partial charge in [0.25, 0.3) is 0 Å². The Bertz CT molecular complexity index is 1380. The van der Waals surface area contributed by atoms with Gasteiger partial charge in [-0.05, 0) is 120 Å². The SMILES string of the molecule is C[C@@H]1[C@H]2C3=CC[C@@H]4[C@@]5(C)CC[C@H](O)C(C)(C)[C@@H]5CC[C@@]4(C)[C@]3(COC(=O)C=Cc3ccc(O)cc3)C[C@H](C(=O)O)[C@H]2CC[C@H]1C. The molecule has 0 amide bonds. The van der Waals surface area contributed by atoms with Crippen LogP contribution in [-0.2, 0) is 14.3 Å². The van der Waals surface area contributed by atoms with Gasteiger partial charge in [-0.25, -0.2) is 4.79 Å². The van der Waals surface area contributed by atoms with Gasteiger partial charge in [0, 0.05) is 11.5 Å². The van der Waals surface area contributed by atoms with Crippen LogP contribution in [0, 0.1) is 63.1 Å². The van der Waals surface area contributed by atoms with Crippen LogP contribution in [0.1, 0.15) is 98.5 Å². The van der Waals surface area contributed by atoms with Crippen molar-refractivity contribution in [2.75, 3.05) is 6.61 Å². The molecule has 0 spiro atoms. The summed E-state index contributed by atoms with van der Waals surface area (Å²) in [5, 5.41) is 31.5. The van der Waals surface area contributed by atoms with E-state index in [1.165, 1.54) is 11.6 Å². The van der Waals surface area contributed by atoms with E-state index in [1.807, 2.05) is 0 Å². The lowest BCUT2D eigenvalue weighted by Gasteiger charge is -2.71. The van der Waals surface area contributed by atoms with E-state index >= 15 is 0 Å². The van der Waals surface area contributed by atoms with E-state index in [9.17, 15) is 24.9 Å². The lowest BCUT2D eigenvalue weighted by molar-refractivity contribution is -0.217. The van der Waals surface area contributed by atoms with Crippen molar-refractivity contribution in [2.24, 2.45) is 63.1 Å². The second-order valence-electron chi connectivity index (χ2n) is 16.7. The van der Waals surface area contributed by atoms with E-state index in [1.54, 1.807) is 30.3 Å². The largest absolute Gasteiger partial charge is 0.508 e. The first kappa shape index (κ1) is 32.3. The molecule has 0 aromatic heterocycles. The number of aliphatic hydroxyl groups is 1. The normalized spacial score (nSPS) is 43.7. The summed E-state index contributed by atoms with van der Waals surface area (Å²) in [4.78, 5) is 26.5. The summed E-state index contributed by atoms with van der Waals surface area (Å²) in [6.45, 7) is 14.1. The molecule has 0 bridgehead atoms. The predicted molar refractivity (Wildman–Crippen MR) is 175 cm³/mol. The average molecular weight is 619 g/mol. The van der Waals surface area contributed by atoms with Crippen LogP contribution in [-0.4, -0.2) is 40.0 Å². The number of aliphatic carboxylic acids is 1. The smallest absolute Gasteiger partial charge is 0.330 e. The van der Waals surface area contributed by atoms with E-state index in [-0.39, 0.29) is 46.5 Å². The highest BCUT2D eigenvalue weighted by molar-refractivity contribution is 5.87. The third kappa shape index (κ3) is 4.91. The molecular formula is C39H54O6. The van der Waals surface area contributed by atoms with E-state index in [4.69, 9.17) is 4.74 Å². The monoisotopic (exact) mass is 618 g/mol. The third-order valence-corrected chi connectivity index (χ3v) is 14.7. The van der Waals surface area contributed by atoms with Gasteiger partial charge in [-0.3, -0.25) is 4.79 Å². The van der Waals surface area contributed by atoms with Gasteiger partial charge >= 0.3 is 11.9 Å². The molecule has 4 saturated carbocycles. The Labute approximate surface area is 269 Å². The van der Waals surface area contributed by atoms with Crippen molar-refractivity contribution in [1.82, 2.24) is 0 Å². The molecule has 6 rings (SSSR count). The molecule has 5 aliphatic rings. The summed E-state index contributed by atoms with van der Waals surface area (Å²) < 4.78 is 6.25. The zero-order valence-corrected chi connectivity index (χ0v) is 28.1. The summed E-state index contributed by atoms with van der Waals surface area (Å²) in [5.74, 6) is 0.366. The summed E-state index contributed by atoms with van der Waals surface area (Å²) >= 11 is 0. The third-order valence-electron chi connectivity index (χ3n) is 14.7. The maximum atomic E-state index is 13.4. The minimum absolute atomic E-state index is 0.00538. The number of aromatic hydroxyl groups is 1. The lowest BCUT2D eigenvalue weighted by Crippen LogP contribution is -2.66. The first-order valence-corrected chi connectivity index (χ1v) is 17.4. The molecule has 45 heavy (non-hydrogen) atoms. The van der Waals surface area contributed by atoms with Crippen molar-refractivity contribution in [3.63, 3.8) is 0 Å². The van der Waals surface area contributed by atoms with Crippen LogP contribution in [0.5, 0.6) is 5.75 Å². The van der Waals surface area contributed by atoms with Gasteiger partial charge in [0.15, 0.2) is 0 Å². The number of phenols is 1. The van der Waals surface area contributed by atoms with E-state index in [0.717, 1.165) is 50.5 Å². The summed E-state index contributed by atoms with van der Waals surface area (Å²) in [5.41, 5.74) is 1.15. The topological polar surface area (TPSA) is 104 Å². The van der Waals surface area contributed by atoms with Gasteiger partial charge in [0.05, 0.1) is 12.0 Å². The highest BCUT2D eigenvalue weighted by Gasteiger charge is 2.70. The van der Waals surface area contributed by atoms with E-state index in [0.29, 0.717) is 30.1 Å². The van der Waals surface area contributed by atoms with Crippen molar-refractivity contribution in [1.29, 1.82) is 0 Å². The number of carboxylic acids is 1. The Kier molecular flexibility index (Phi) is 8.11. The van der Waals surface area contributed by atoms with E-state index in [2.05, 4.69) is 47.6 Å². The number of phenolic OH excluding ortho intramolecular Hbond substituents is 1. The quantitative estimate of drug-likeness (QED) is 0.176. The second-order valence-corrected chi connectivity index (χ2v) is 16.7. The highest BCUT2D eigenvalue weighted by atomic mass is 16.5. The Morgan fingerprint density at radius 3 is 2.38 bits per heavy atom. The first-order valence-electron chi connectivity index (χ1n) is 17.4. The van der Waals surface area contributed by atoms with Crippen LogP contribution >= 0.6 is 0 Å². The highest BCUT2D eigenvalue weighted by Crippen LogP contribution is 2.75. The van der Waals surface area contributed by atoms with Gasteiger partial charge < -0.3 is 20.1 Å². The molecule has 246 valence electrons. The molecule has 6 heteroatoms. The summed E-state index contributed by atoms with van der Waals surface area (Å²) in [6, 6.07) is 6.67. The maximum absolute atomic E-state index is 13.4. The van der Waals surface area contributed by atoms with Crippen LogP contribution in [0.4, 0.5) is 0 Å². The van der Waals surface area contributed by atoms with Crippen LogP contribution in [0.15, 0.2) is 42.0 Å². The molecular weight excluding hydrogens is 564 g/mol. The number of carboxylic acid groups (broad SMARTS) is 1. The molecule has 11 atom stereocenters. The molecule has 4 fully saturated rings. The van der Waals surface area contributed by atoms with E-state index < -0.39 is 23.3 Å². The zero-order chi connectivity index (χ0) is 32.5. The molecule has 0 saturated heterocycles. The van der Waals surface area contributed by atoms with Crippen molar-refractivity contribution < 1.29 is 29.6 Å². The van der Waals surface area contributed by atoms with Gasteiger partial charge in [-0.1, -0.05) is 71.7 Å². The Morgan fingerprint density at radius 2 is 1.69 bits per heavy atom.